The molecular formula is C13H14O6. The van der Waals surface area contributed by atoms with Gasteiger partial charge < -0.3 is 14.6 Å². The van der Waals surface area contributed by atoms with Gasteiger partial charge >= 0.3 is 17.9 Å². The smallest absolute Gasteiger partial charge is 0.339 e. The summed E-state index contributed by atoms with van der Waals surface area (Å²) in [5, 5.41) is 8.44. The van der Waals surface area contributed by atoms with Crippen LogP contribution in [0.3, 0.4) is 0 Å². The van der Waals surface area contributed by atoms with Crippen molar-refractivity contribution in [3.8, 4) is 0 Å². The van der Waals surface area contributed by atoms with Crippen LogP contribution < -0.4 is 0 Å². The van der Waals surface area contributed by atoms with Gasteiger partial charge in [-0.2, -0.15) is 0 Å². The molecule has 0 bridgehead atoms. The molecule has 0 heterocycles. The zero-order valence-corrected chi connectivity index (χ0v) is 10.4. The molecule has 0 aliphatic heterocycles. The summed E-state index contributed by atoms with van der Waals surface area (Å²) in [5.41, 5.74) is 0.220. The molecule has 0 aliphatic rings. The van der Waals surface area contributed by atoms with Crippen molar-refractivity contribution in [1.82, 2.24) is 0 Å². The fourth-order valence-electron chi connectivity index (χ4n) is 1.42. The summed E-state index contributed by atoms with van der Waals surface area (Å²) >= 11 is 0. The van der Waals surface area contributed by atoms with Crippen LogP contribution in [-0.4, -0.2) is 36.7 Å². The third kappa shape index (κ3) is 4.42. The Labute approximate surface area is 109 Å². The highest BCUT2D eigenvalue weighted by Gasteiger charge is 2.17. The van der Waals surface area contributed by atoms with Crippen LogP contribution in [0, 0.1) is 0 Å². The molecule has 1 aromatic rings. The Morgan fingerprint density at radius 3 is 2.21 bits per heavy atom. The summed E-state index contributed by atoms with van der Waals surface area (Å²) in [5.74, 6) is -2.25. The number of ether oxygens (including phenoxy) is 2. The van der Waals surface area contributed by atoms with Gasteiger partial charge in [-0.3, -0.25) is 4.79 Å². The molecule has 0 saturated heterocycles. The molecule has 0 saturated carbocycles. The number of esters is 2. The first-order chi connectivity index (χ1) is 9.06. The van der Waals surface area contributed by atoms with E-state index in [4.69, 9.17) is 9.84 Å². The van der Waals surface area contributed by atoms with E-state index in [-0.39, 0.29) is 30.6 Å². The van der Waals surface area contributed by atoms with Crippen molar-refractivity contribution in [2.45, 2.75) is 12.8 Å². The lowest BCUT2D eigenvalue weighted by Crippen LogP contribution is -2.13. The third-order valence-corrected chi connectivity index (χ3v) is 2.32. The van der Waals surface area contributed by atoms with Gasteiger partial charge in [0, 0.05) is 6.42 Å². The van der Waals surface area contributed by atoms with E-state index in [9.17, 15) is 14.4 Å². The number of methoxy groups -OCH3 is 1. The second-order valence-electron chi connectivity index (χ2n) is 3.67. The molecule has 0 aromatic heterocycles. The Morgan fingerprint density at radius 1 is 1.11 bits per heavy atom. The summed E-state index contributed by atoms with van der Waals surface area (Å²) in [4.78, 5) is 33.5. The highest BCUT2D eigenvalue weighted by Crippen LogP contribution is 2.11. The average molecular weight is 266 g/mol. The third-order valence-electron chi connectivity index (χ3n) is 2.32. The molecule has 102 valence electrons. The Kier molecular flexibility index (Phi) is 5.53. The maximum atomic E-state index is 11.8. The predicted octanol–water partition coefficient (Wildman–Crippen LogP) is 1.49. The van der Waals surface area contributed by atoms with Crippen LogP contribution in [0.4, 0.5) is 0 Å². The summed E-state index contributed by atoms with van der Waals surface area (Å²) < 4.78 is 9.46. The Balaban J connectivity index is 2.66. The van der Waals surface area contributed by atoms with Gasteiger partial charge in [0.25, 0.3) is 0 Å². The van der Waals surface area contributed by atoms with E-state index in [2.05, 4.69) is 4.74 Å². The minimum Gasteiger partial charge on any atom is -0.481 e. The average Bonchev–Trinajstić information content (AvgIpc) is 2.42. The first kappa shape index (κ1) is 14.7. The second kappa shape index (κ2) is 7.15. The fraction of sp³-hybridized carbons (Fsp3) is 0.308. The topological polar surface area (TPSA) is 89.9 Å². The maximum Gasteiger partial charge on any atom is 0.339 e. The van der Waals surface area contributed by atoms with E-state index in [1.807, 2.05) is 0 Å². The van der Waals surface area contributed by atoms with Gasteiger partial charge in [-0.25, -0.2) is 9.59 Å². The molecule has 0 aliphatic carbocycles. The Morgan fingerprint density at radius 2 is 1.68 bits per heavy atom. The van der Waals surface area contributed by atoms with Crippen molar-refractivity contribution in [2.24, 2.45) is 0 Å². The minimum absolute atomic E-state index is 0.0133. The molecule has 0 fully saturated rings. The first-order valence-electron chi connectivity index (χ1n) is 5.62. The van der Waals surface area contributed by atoms with Gasteiger partial charge in [0.15, 0.2) is 0 Å². The predicted molar refractivity (Wildman–Crippen MR) is 64.9 cm³/mol. The quantitative estimate of drug-likeness (QED) is 0.619. The van der Waals surface area contributed by atoms with Crippen molar-refractivity contribution < 1.29 is 29.0 Å². The van der Waals surface area contributed by atoms with Gasteiger partial charge in [-0.15, -0.1) is 0 Å². The molecular weight excluding hydrogens is 252 g/mol. The summed E-state index contributed by atoms with van der Waals surface area (Å²) in [6.07, 6.45) is 0.146. The number of aliphatic carboxylic acids is 1. The van der Waals surface area contributed by atoms with Crippen molar-refractivity contribution in [3.05, 3.63) is 35.4 Å². The number of benzene rings is 1. The molecule has 6 nitrogen and oxygen atoms in total. The number of rotatable bonds is 6. The SMILES string of the molecule is COC(=O)c1ccccc1C(=O)OCCCC(=O)O. The molecule has 0 amide bonds. The molecule has 1 N–H and O–H groups in total. The number of carboxylic acid groups (broad SMARTS) is 1. The Bertz CT molecular complexity index is 480. The summed E-state index contributed by atoms with van der Waals surface area (Å²) in [6.45, 7) is -0.0133. The first-order valence-corrected chi connectivity index (χ1v) is 5.62. The highest BCUT2D eigenvalue weighted by molar-refractivity contribution is 6.03. The van der Waals surface area contributed by atoms with Crippen LogP contribution in [0.25, 0.3) is 0 Å². The molecule has 1 rings (SSSR count). The van der Waals surface area contributed by atoms with Crippen LogP contribution in [0.1, 0.15) is 33.6 Å². The number of carboxylic acids is 1. The summed E-state index contributed by atoms with van der Waals surface area (Å²) in [7, 11) is 1.22. The molecule has 0 radical (unpaired) electrons. The van der Waals surface area contributed by atoms with Crippen LogP contribution in [0.2, 0.25) is 0 Å². The lowest BCUT2D eigenvalue weighted by atomic mass is 10.1. The molecule has 0 spiro atoms. The number of carbonyl (C=O) groups excluding carboxylic acids is 2. The maximum absolute atomic E-state index is 11.8. The number of hydrogen-bond acceptors (Lipinski definition) is 5. The van der Waals surface area contributed by atoms with Crippen LogP contribution >= 0.6 is 0 Å². The van der Waals surface area contributed by atoms with E-state index in [0.717, 1.165) is 0 Å². The van der Waals surface area contributed by atoms with Gasteiger partial charge in [0.05, 0.1) is 24.8 Å². The van der Waals surface area contributed by atoms with Crippen molar-refractivity contribution >= 4 is 17.9 Å². The molecule has 6 heteroatoms. The van der Waals surface area contributed by atoms with E-state index in [1.54, 1.807) is 12.1 Å². The monoisotopic (exact) mass is 266 g/mol. The van der Waals surface area contributed by atoms with Gasteiger partial charge in [-0.1, -0.05) is 12.1 Å². The normalized spacial score (nSPS) is 9.74. The lowest BCUT2D eigenvalue weighted by molar-refractivity contribution is -0.137. The molecule has 0 atom stereocenters. The second-order valence-corrected chi connectivity index (χ2v) is 3.67. The largest absolute Gasteiger partial charge is 0.481 e. The van der Waals surface area contributed by atoms with E-state index < -0.39 is 17.9 Å². The van der Waals surface area contributed by atoms with Gasteiger partial charge in [0.2, 0.25) is 0 Å². The zero-order chi connectivity index (χ0) is 14.3. The number of hydrogen-bond donors (Lipinski definition) is 1. The fourth-order valence-corrected chi connectivity index (χ4v) is 1.42. The zero-order valence-electron chi connectivity index (χ0n) is 10.4. The van der Waals surface area contributed by atoms with Crippen LogP contribution in [-0.2, 0) is 14.3 Å². The van der Waals surface area contributed by atoms with Crippen molar-refractivity contribution in [2.75, 3.05) is 13.7 Å². The molecule has 19 heavy (non-hydrogen) atoms. The molecule has 1 aromatic carbocycles. The van der Waals surface area contributed by atoms with E-state index in [0.29, 0.717) is 0 Å². The van der Waals surface area contributed by atoms with Crippen molar-refractivity contribution in [1.29, 1.82) is 0 Å². The van der Waals surface area contributed by atoms with E-state index >= 15 is 0 Å². The molecule has 0 unspecified atom stereocenters. The summed E-state index contributed by atoms with van der Waals surface area (Å²) in [6, 6.07) is 6.11. The highest BCUT2D eigenvalue weighted by atomic mass is 16.5. The van der Waals surface area contributed by atoms with Crippen LogP contribution in [0.15, 0.2) is 24.3 Å². The standard InChI is InChI=1S/C13H14O6/c1-18-12(16)9-5-2-3-6-10(9)13(17)19-8-4-7-11(14)15/h2-3,5-6H,4,7-8H2,1H3,(H,14,15). The van der Waals surface area contributed by atoms with E-state index in [1.165, 1.54) is 19.2 Å². The van der Waals surface area contributed by atoms with Gasteiger partial charge in [0.1, 0.15) is 0 Å². The van der Waals surface area contributed by atoms with Crippen LogP contribution in [0.5, 0.6) is 0 Å². The lowest BCUT2D eigenvalue weighted by Gasteiger charge is -2.07. The number of carbonyl (C=O) groups is 3. The minimum atomic E-state index is -0.953. The van der Waals surface area contributed by atoms with Gasteiger partial charge in [-0.05, 0) is 18.6 Å². The van der Waals surface area contributed by atoms with Crippen molar-refractivity contribution in [3.63, 3.8) is 0 Å². The Hall–Kier alpha value is -2.37.